The zero-order valence-corrected chi connectivity index (χ0v) is 4.86. The maximum atomic E-state index is 8.13. The summed E-state index contributed by atoms with van der Waals surface area (Å²) in [6.45, 7) is 3.40. The summed E-state index contributed by atoms with van der Waals surface area (Å²) in [5.41, 5.74) is 0.271. The molecule has 0 spiro atoms. The fourth-order valence-electron chi connectivity index (χ4n) is 0.334. The van der Waals surface area contributed by atoms with Crippen LogP contribution < -0.4 is 0 Å². The summed E-state index contributed by atoms with van der Waals surface area (Å²) in [5.74, 6) is 0. The third-order valence-electron chi connectivity index (χ3n) is 0.689. The van der Waals surface area contributed by atoms with Crippen LogP contribution in [-0.2, 0) is 0 Å². The van der Waals surface area contributed by atoms with Gasteiger partial charge in [-0.15, -0.1) is 6.58 Å². The number of allylic oxidation sites excluding steroid dienone is 1. The highest BCUT2D eigenvalue weighted by molar-refractivity contribution is 6.30. The molecule has 0 fully saturated rings. The topological polar surface area (TPSA) is 65.2 Å². The summed E-state index contributed by atoms with van der Waals surface area (Å²) in [7, 11) is 0. The lowest BCUT2D eigenvalue weighted by Crippen LogP contribution is -1.96. The van der Waals surface area contributed by atoms with E-state index in [1.165, 1.54) is 6.08 Å². The standard InChI is InChI=1S/C5H8N2O2/c1-2-3-5(7-9)4-6-8/h2,4,8-9H,1,3H2. The third-order valence-corrected chi connectivity index (χ3v) is 0.689. The van der Waals surface area contributed by atoms with Crippen molar-refractivity contribution in [1.29, 1.82) is 0 Å². The molecular weight excluding hydrogens is 120 g/mol. The second kappa shape index (κ2) is 4.83. The van der Waals surface area contributed by atoms with E-state index >= 15 is 0 Å². The molecule has 4 nitrogen and oxygen atoms in total. The number of oxime groups is 2. The molecule has 2 N–H and O–H groups in total. The van der Waals surface area contributed by atoms with Crippen molar-refractivity contribution in [2.24, 2.45) is 10.3 Å². The predicted octanol–water partition coefficient (Wildman–Crippen LogP) is 0.853. The minimum Gasteiger partial charge on any atom is -0.411 e. The molecule has 4 heteroatoms. The largest absolute Gasteiger partial charge is 0.411 e. The Morgan fingerprint density at radius 2 is 2.22 bits per heavy atom. The van der Waals surface area contributed by atoms with Crippen molar-refractivity contribution in [2.75, 3.05) is 0 Å². The van der Waals surface area contributed by atoms with Gasteiger partial charge >= 0.3 is 0 Å². The van der Waals surface area contributed by atoms with E-state index in [4.69, 9.17) is 10.4 Å². The number of nitrogens with zero attached hydrogens (tertiary/aromatic N) is 2. The monoisotopic (exact) mass is 128 g/mol. The molecule has 0 saturated heterocycles. The van der Waals surface area contributed by atoms with E-state index in [1.54, 1.807) is 0 Å². The van der Waals surface area contributed by atoms with Crippen LogP contribution in [0.25, 0.3) is 0 Å². The van der Waals surface area contributed by atoms with Gasteiger partial charge < -0.3 is 10.4 Å². The van der Waals surface area contributed by atoms with Crippen molar-refractivity contribution in [2.45, 2.75) is 6.42 Å². The molecule has 0 aliphatic rings. The van der Waals surface area contributed by atoms with Crippen molar-refractivity contribution < 1.29 is 10.4 Å². The second-order valence-electron chi connectivity index (χ2n) is 1.33. The van der Waals surface area contributed by atoms with E-state index in [9.17, 15) is 0 Å². The molecule has 0 saturated carbocycles. The first-order valence-electron chi connectivity index (χ1n) is 2.34. The van der Waals surface area contributed by atoms with Crippen molar-refractivity contribution >= 4 is 11.9 Å². The summed E-state index contributed by atoms with van der Waals surface area (Å²) in [6.07, 6.45) is 2.97. The van der Waals surface area contributed by atoms with Gasteiger partial charge in [-0.3, -0.25) is 0 Å². The van der Waals surface area contributed by atoms with Crippen molar-refractivity contribution in [3.8, 4) is 0 Å². The van der Waals surface area contributed by atoms with Crippen LogP contribution in [0.4, 0.5) is 0 Å². The van der Waals surface area contributed by atoms with Crippen molar-refractivity contribution in [1.82, 2.24) is 0 Å². The molecule has 0 aliphatic carbocycles. The molecule has 9 heavy (non-hydrogen) atoms. The molecule has 0 aromatic rings. The Bertz CT molecular complexity index is 140. The van der Waals surface area contributed by atoms with E-state index in [-0.39, 0.29) is 5.71 Å². The highest BCUT2D eigenvalue weighted by atomic mass is 16.4. The van der Waals surface area contributed by atoms with Gasteiger partial charge in [-0.05, 0) is 0 Å². The van der Waals surface area contributed by atoms with Gasteiger partial charge in [0.2, 0.25) is 0 Å². The van der Waals surface area contributed by atoms with Crippen molar-refractivity contribution in [3.63, 3.8) is 0 Å². The number of rotatable bonds is 3. The highest BCUT2D eigenvalue weighted by Crippen LogP contribution is 1.82. The molecule has 0 aliphatic heterocycles. The van der Waals surface area contributed by atoms with Gasteiger partial charge in [0.05, 0.1) is 6.21 Å². The fourth-order valence-corrected chi connectivity index (χ4v) is 0.334. The second-order valence-corrected chi connectivity index (χ2v) is 1.33. The van der Waals surface area contributed by atoms with Gasteiger partial charge in [0.25, 0.3) is 0 Å². The maximum Gasteiger partial charge on any atom is 0.105 e. The quantitative estimate of drug-likeness (QED) is 0.256. The highest BCUT2D eigenvalue weighted by Gasteiger charge is 1.89. The van der Waals surface area contributed by atoms with Crippen LogP contribution in [0.3, 0.4) is 0 Å². The Balaban J connectivity index is 3.84. The lowest BCUT2D eigenvalue weighted by atomic mass is 10.3. The third kappa shape index (κ3) is 3.28. The van der Waals surface area contributed by atoms with E-state index < -0.39 is 0 Å². The van der Waals surface area contributed by atoms with Crippen LogP contribution >= 0.6 is 0 Å². The lowest BCUT2D eigenvalue weighted by Gasteiger charge is -1.86. The molecular formula is C5H8N2O2. The molecule has 0 aromatic heterocycles. The van der Waals surface area contributed by atoms with E-state index in [0.29, 0.717) is 6.42 Å². The molecule has 0 heterocycles. The maximum absolute atomic E-state index is 8.13. The minimum absolute atomic E-state index is 0.271. The average molecular weight is 128 g/mol. The zero-order valence-electron chi connectivity index (χ0n) is 4.86. The van der Waals surface area contributed by atoms with Gasteiger partial charge in [0, 0.05) is 6.42 Å². The normalized spacial score (nSPS) is 12.2. The lowest BCUT2D eigenvalue weighted by molar-refractivity contribution is 0.315. The van der Waals surface area contributed by atoms with E-state index in [2.05, 4.69) is 16.9 Å². The van der Waals surface area contributed by atoms with Crippen LogP contribution in [0.15, 0.2) is 23.0 Å². The van der Waals surface area contributed by atoms with Crippen LogP contribution in [-0.4, -0.2) is 22.3 Å². The smallest absolute Gasteiger partial charge is 0.105 e. The first kappa shape index (κ1) is 7.68. The van der Waals surface area contributed by atoms with Gasteiger partial charge in [0.1, 0.15) is 5.71 Å². The fraction of sp³-hybridized carbons (Fsp3) is 0.200. The summed E-state index contributed by atoms with van der Waals surface area (Å²) in [4.78, 5) is 0. The Morgan fingerprint density at radius 3 is 2.56 bits per heavy atom. The number of hydrogen-bond acceptors (Lipinski definition) is 4. The van der Waals surface area contributed by atoms with Crippen LogP contribution in [0, 0.1) is 0 Å². The molecule has 0 bridgehead atoms. The summed E-state index contributed by atoms with van der Waals surface area (Å²) in [5, 5.41) is 21.5. The van der Waals surface area contributed by atoms with Gasteiger partial charge in [0.15, 0.2) is 0 Å². The summed E-state index contributed by atoms with van der Waals surface area (Å²) >= 11 is 0. The molecule has 50 valence electrons. The Kier molecular flexibility index (Phi) is 4.12. The van der Waals surface area contributed by atoms with E-state index in [0.717, 1.165) is 6.21 Å². The Hall–Kier alpha value is -1.32. The first-order chi connectivity index (χ1) is 4.35. The summed E-state index contributed by atoms with van der Waals surface area (Å²) in [6, 6.07) is 0. The Labute approximate surface area is 52.8 Å². The average Bonchev–Trinajstić information content (AvgIpc) is 1.88. The van der Waals surface area contributed by atoms with Crippen LogP contribution in [0.1, 0.15) is 6.42 Å². The van der Waals surface area contributed by atoms with Gasteiger partial charge in [-0.25, -0.2) is 0 Å². The molecule has 0 aromatic carbocycles. The first-order valence-corrected chi connectivity index (χ1v) is 2.34. The van der Waals surface area contributed by atoms with Crippen molar-refractivity contribution in [3.05, 3.63) is 12.7 Å². The van der Waals surface area contributed by atoms with Gasteiger partial charge in [-0.1, -0.05) is 16.4 Å². The van der Waals surface area contributed by atoms with Gasteiger partial charge in [-0.2, -0.15) is 0 Å². The molecule has 0 radical (unpaired) electrons. The summed E-state index contributed by atoms with van der Waals surface area (Å²) < 4.78 is 0. The van der Waals surface area contributed by atoms with Crippen LogP contribution in [0.2, 0.25) is 0 Å². The van der Waals surface area contributed by atoms with E-state index in [1.807, 2.05) is 0 Å². The predicted molar refractivity (Wildman–Crippen MR) is 34.3 cm³/mol. The van der Waals surface area contributed by atoms with Crippen LogP contribution in [0.5, 0.6) is 0 Å². The Morgan fingerprint density at radius 1 is 1.56 bits per heavy atom. The molecule has 0 unspecified atom stereocenters. The molecule has 0 rings (SSSR count). The zero-order chi connectivity index (χ0) is 7.11. The number of hydrogen-bond donors (Lipinski definition) is 2. The molecule has 0 amide bonds. The minimum atomic E-state index is 0.271. The SMILES string of the molecule is C=CCC(C=NO)=NO. The molecule has 0 atom stereocenters.